The molecule has 2 heterocycles. The van der Waals surface area contributed by atoms with Gasteiger partial charge in [-0.15, -0.1) is 0 Å². The zero-order chi connectivity index (χ0) is 14.1. The van der Waals surface area contributed by atoms with Crippen LogP contribution in [0.5, 0.6) is 11.5 Å². The smallest absolute Gasteiger partial charge is 0.215 e. The SMILES string of the molecule is COc1ccc2ncc(C(=O)c3ccccc3O)n2c1. The summed E-state index contributed by atoms with van der Waals surface area (Å²) >= 11 is 0. The molecule has 0 radical (unpaired) electrons. The van der Waals surface area contributed by atoms with E-state index in [-0.39, 0.29) is 17.1 Å². The highest BCUT2D eigenvalue weighted by Gasteiger charge is 2.17. The first kappa shape index (κ1) is 12.2. The molecule has 0 saturated carbocycles. The highest BCUT2D eigenvalue weighted by Crippen LogP contribution is 2.21. The van der Waals surface area contributed by atoms with Crippen LogP contribution in [0.3, 0.4) is 0 Å². The highest BCUT2D eigenvalue weighted by molar-refractivity contribution is 6.09. The number of ketones is 1. The number of fused-ring (bicyclic) bond motifs is 1. The fourth-order valence-electron chi connectivity index (χ4n) is 2.05. The van der Waals surface area contributed by atoms with Gasteiger partial charge in [0.1, 0.15) is 22.8 Å². The van der Waals surface area contributed by atoms with Crippen molar-refractivity contribution < 1.29 is 14.6 Å². The number of pyridine rings is 1. The van der Waals surface area contributed by atoms with E-state index in [2.05, 4.69) is 4.98 Å². The maximum Gasteiger partial charge on any atom is 0.215 e. The molecular formula is C15H12N2O3. The Bertz CT molecular complexity index is 793. The number of nitrogens with zero attached hydrogens (tertiary/aromatic N) is 2. The van der Waals surface area contributed by atoms with Crippen LogP contribution >= 0.6 is 0 Å². The quantitative estimate of drug-likeness (QED) is 0.740. The number of rotatable bonds is 3. The topological polar surface area (TPSA) is 63.8 Å². The molecule has 3 rings (SSSR count). The van der Waals surface area contributed by atoms with E-state index in [1.807, 2.05) is 0 Å². The number of methoxy groups -OCH3 is 1. The Morgan fingerprint density at radius 2 is 2.05 bits per heavy atom. The van der Waals surface area contributed by atoms with Crippen LogP contribution in [0.2, 0.25) is 0 Å². The number of aromatic nitrogens is 2. The lowest BCUT2D eigenvalue weighted by Gasteiger charge is -2.05. The van der Waals surface area contributed by atoms with E-state index in [1.165, 1.54) is 12.3 Å². The van der Waals surface area contributed by atoms with Gasteiger partial charge >= 0.3 is 0 Å². The Morgan fingerprint density at radius 3 is 2.80 bits per heavy atom. The minimum Gasteiger partial charge on any atom is -0.507 e. The zero-order valence-electron chi connectivity index (χ0n) is 10.8. The summed E-state index contributed by atoms with van der Waals surface area (Å²) in [5.41, 5.74) is 1.27. The van der Waals surface area contributed by atoms with Crippen LogP contribution in [-0.4, -0.2) is 27.4 Å². The number of para-hydroxylation sites is 1. The first-order chi connectivity index (χ1) is 9.70. The number of carbonyl (C=O) groups excluding carboxylic acids is 1. The normalized spacial score (nSPS) is 10.7. The van der Waals surface area contributed by atoms with Gasteiger partial charge in [0.05, 0.1) is 25.1 Å². The van der Waals surface area contributed by atoms with Gasteiger partial charge in [0.25, 0.3) is 0 Å². The highest BCUT2D eigenvalue weighted by atomic mass is 16.5. The predicted molar refractivity (Wildman–Crippen MR) is 73.3 cm³/mol. The largest absolute Gasteiger partial charge is 0.507 e. The molecule has 0 fully saturated rings. The molecule has 100 valence electrons. The summed E-state index contributed by atoms with van der Waals surface area (Å²) in [6.45, 7) is 0. The molecule has 0 amide bonds. The van der Waals surface area contributed by atoms with E-state index in [0.29, 0.717) is 17.1 Å². The zero-order valence-corrected chi connectivity index (χ0v) is 10.8. The number of carbonyl (C=O) groups is 1. The number of phenolic OH excluding ortho intramolecular Hbond substituents is 1. The molecule has 0 saturated heterocycles. The van der Waals surface area contributed by atoms with Crippen molar-refractivity contribution in [1.82, 2.24) is 9.38 Å². The molecule has 0 bridgehead atoms. The van der Waals surface area contributed by atoms with Crippen LogP contribution in [-0.2, 0) is 0 Å². The maximum absolute atomic E-state index is 12.5. The van der Waals surface area contributed by atoms with Crippen molar-refractivity contribution in [3.05, 3.63) is 60.0 Å². The Labute approximate surface area is 115 Å². The second-order valence-corrected chi connectivity index (χ2v) is 4.29. The summed E-state index contributed by atoms with van der Waals surface area (Å²) < 4.78 is 6.79. The van der Waals surface area contributed by atoms with Crippen molar-refractivity contribution in [2.45, 2.75) is 0 Å². The average Bonchev–Trinajstić information content (AvgIpc) is 2.89. The van der Waals surface area contributed by atoms with Gasteiger partial charge in [-0.05, 0) is 24.3 Å². The lowest BCUT2D eigenvalue weighted by molar-refractivity contribution is 0.103. The second kappa shape index (κ2) is 4.70. The van der Waals surface area contributed by atoms with Crippen LogP contribution in [0.25, 0.3) is 5.65 Å². The van der Waals surface area contributed by atoms with E-state index in [4.69, 9.17) is 4.74 Å². The molecule has 1 aromatic carbocycles. The molecular weight excluding hydrogens is 256 g/mol. The fraction of sp³-hybridized carbons (Fsp3) is 0.0667. The molecule has 5 heteroatoms. The molecule has 3 aromatic rings. The van der Waals surface area contributed by atoms with Crippen molar-refractivity contribution in [2.75, 3.05) is 7.11 Å². The first-order valence-corrected chi connectivity index (χ1v) is 6.04. The Hall–Kier alpha value is -2.82. The van der Waals surface area contributed by atoms with Gasteiger partial charge in [-0.1, -0.05) is 12.1 Å². The predicted octanol–water partition coefficient (Wildman–Crippen LogP) is 2.28. The number of phenols is 1. The Balaban J connectivity index is 2.15. The molecule has 2 aromatic heterocycles. The van der Waals surface area contributed by atoms with E-state index in [0.717, 1.165) is 0 Å². The molecule has 0 atom stereocenters. The molecule has 0 aliphatic heterocycles. The van der Waals surface area contributed by atoms with Crippen molar-refractivity contribution in [2.24, 2.45) is 0 Å². The van der Waals surface area contributed by atoms with E-state index in [1.54, 1.807) is 48.0 Å². The summed E-state index contributed by atoms with van der Waals surface area (Å²) in [7, 11) is 1.56. The van der Waals surface area contributed by atoms with Crippen LogP contribution in [0.1, 0.15) is 16.1 Å². The van der Waals surface area contributed by atoms with Crippen LogP contribution < -0.4 is 4.74 Å². The fourth-order valence-corrected chi connectivity index (χ4v) is 2.05. The number of hydrogen-bond acceptors (Lipinski definition) is 4. The van der Waals surface area contributed by atoms with Gasteiger partial charge in [-0.25, -0.2) is 4.98 Å². The molecule has 1 N–H and O–H groups in total. The van der Waals surface area contributed by atoms with Gasteiger partial charge < -0.3 is 9.84 Å². The van der Waals surface area contributed by atoms with E-state index >= 15 is 0 Å². The minimum absolute atomic E-state index is 0.0460. The summed E-state index contributed by atoms with van der Waals surface area (Å²) in [6, 6.07) is 9.98. The molecule has 20 heavy (non-hydrogen) atoms. The molecule has 0 aliphatic carbocycles. The average molecular weight is 268 g/mol. The summed E-state index contributed by atoms with van der Waals surface area (Å²) in [5, 5.41) is 9.78. The third-order valence-corrected chi connectivity index (χ3v) is 3.10. The van der Waals surface area contributed by atoms with Gasteiger partial charge in [-0.2, -0.15) is 0 Å². The number of ether oxygens (including phenoxy) is 1. The molecule has 0 spiro atoms. The van der Waals surface area contributed by atoms with Crippen LogP contribution in [0.15, 0.2) is 48.8 Å². The minimum atomic E-state index is -0.288. The summed E-state index contributed by atoms with van der Waals surface area (Å²) in [6.07, 6.45) is 3.18. The summed E-state index contributed by atoms with van der Waals surface area (Å²) in [5.74, 6) is 0.293. The van der Waals surface area contributed by atoms with Crippen molar-refractivity contribution in [1.29, 1.82) is 0 Å². The number of hydrogen-bond donors (Lipinski definition) is 1. The lowest BCUT2D eigenvalue weighted by Crippen LogP contribution is -2.05. The van der Waals surface area contributed by atoms with Gasteiger partial charge in [0, 0.05) is 0 Å². The van der Waals surface area contributed by atoms with Gasteiger partial charge in [0.15, 0.2) is 0 Å². The van der Waals surface area contributed by atoms with Gasteiger partial charge in [0.2, 0.25) is 5.78 Å². The first-order valence-electron chi connectivity index (χ1n) is 6.04. The van der Waals surface area contributed by atoms with E-state index in [9.17, 15) is 9.90 Å². The number of aromatic hydroxyl groups is 1. The van der Waals surface area contributed by atoms with Gasteiger partial charge in [-0.3, -0.25) is 9.20 Å². The standard InChI is InChI=1S/C15H12N2O3/c1-20-10-6-7-14-16-8-12(17(14)9-10)15(19)11-4-2-3-5-13(11)18/h2-9,18H,1H3. The second-order valence-electron chi connectivity index (χ2n) is 4.29. The molecule has 0 aliphatic rings. The van der Waals surface area contributed by atoms with Crippen LogP contribution in [0.4, 0.5) is 0 Å². The molecule has 5 nitrogen and oxygen atoms in total. The number of imidazole rings is 1. The monoisotopic (exact) mass is 268 g/mol. The third kappa shape index (κ3) is 1.89. The van der Waals surface area contributed by atoms with Crippen molar-refractivity contribution in [3.63, 3.8) is 0 Å². The lowest BCUT2D eigenvalue weighted by atomic mass is 10.1. The Morgan fingerprint density at radius 1 is 1.25 bits per heavy atom. The van der Waals surface area contributed by atoms with Crippen molar-refractivity contribution in [3.8, 4) is 11.5 Å². The molecule has 0 unspecified atom stereocenters. The van der Waals surface area contributed by atoms with E-state index < -0.39 is 0 Å². The number of benzene rings is 1. The third-order valence-electron chi connectivity index (χ3n) is 3.10. The van der Waals surface area contributed by atoms with Crippen LogP contribution in [0, 0.1) is 0 Å². The van der Waals surface area contributed by atoms with Crippen molar-refractivity contribution >= 4 is 11.4 Å². The summed E-state index contributed by atoms with van der Waals surface area (Å²) in [4.78, 5) is 16.7. The maximum atomic E-state index is 12.5. The Kier molecular flexibility index (Phi) is 2.87.